The first-order chi connectivity index (χ1) is 3.93. The Hall–Kier alpha value is -1.38. The molecule has 0 aromatic rings. The predicted octanol–water partition coefficient (Wildman–Crippen LogP) is 1.37. The third kappa shape index (κ3) is 0.815. The first kappa shape index (κ1) is 4.77. The summed E-state index contributed by atoms with van der Waals surface area (Å²) in [6, 6.07) is 2.01. The summed E-state index contributed by atoms with van der Waals surface area (Å²) in [5.41, 5.74) is 0.684. The van der Waals surface area contributed by atoms with Gasteiger partial charge in [-0.05, 0) is 0 Å². The molecule has 0 radical (unpaired) electrons. The summed E-state index contributed by atoms with van der Waals surface area (Å²) >= 11 is 0. The van der Waals surface area contributed by atoms with Crippen LogP contribution in [0.4, 0.5) is 0 Å². The Kier molecular flexibility index (Phi) is 1.23. The van der Waals surface area contributed by atoms with Gasteiger partial charge in [-0.15, -0.1) is 0 Å². The van der Waals surface area contributed by atoms with Crippen molar-refractivity contribution in [2.75, 3.05) is 0 Å². The van der Waals surface area contributed by atoms with Crippen molar-refractivity contribution in [1.82, 2.24) is 0 Å². The number of hydrogen-bond donors (Lipinski definition) is 0. The molecule has 0 aromatic carbocycles. The standard InChI is InChI=1S/C7H4N/c8-6-7-4-2-1-3-5-7/h2-5H/q+1. The number of hydrogen-bond acceptors (Lipinski definition) is 1. The molecule has 8 heavy (non-hydrogen) atoms. The smallest absolute Gasteiger partial charge is 0.162 e. The summed E-state index contributed by atoms with van der Waals surface area (Å²) in [6.45, 7) is 0. The van der Waals surface area contributed by atoms with E-state index in [4.69, 9.17) is 5.26 Å². The Labute approximate surface area is 48.2 Å². The van der Waals surface area contributed by atoms with E-state index in [1.807, 2.05) is 6.07 Å². The molecule has 1 rings (SSSR count). The SMILES string of the molecule is N#CC1=CC=[C+]C=C1. The lowest BCUT2D eigenvalue weighted by molar-refractivity contribution is 1.49. The Balaban J connectivity index is 2.88. The van der Waals surface area contributed by atoms with Crippen LogP contribution in [0.5, 0.6) is 0 Å². The van der Waals surface area contributed by atoms with E-state index in [-0.39, 0.29) is 0 Å². The van der Waals surface area contributed by atoms with Gasteiger partial charge in [0.15, 0.2) is 5.57 Å². The molecule has 0 aliphatic heterocycles. The predicted molar refractivity (Wildman–Crippen MR) is 30.6 cm³/mol. The summed E-state index contributed by atoms with van der Waals surface area (Å²) in [5.74, 6) is 0. The largest absolute Gasteiger partial charge is 0.190 e. The van der Waals surface area contributed by atoms with Crippen molar-refractivity contribution in [3.8, 4) is 6.07 Å². The topological polar surface area (TPSA) is 23.8 Å². The van der Waals surface area contributed by atoms with Crippen molar-refractivity contribution in [2.24, 2.45) is 0 Å². The second-order valence-corrected chi connectivity index (χ2v) is 1.40. The molecule has 1 heteroatoms. The van der Waals surface area contributed by atoms with Crippen molar-refractivity contribution in [3.05, 3.63) is 36.0 Å². The number of rotatable bonds is 0. The van der Waals surface area contributed by atoms with Gasteiger partial charge in [-0.2, -0.15) is 5.26 Å². The second-order valence-electron chi connectivity index (χ2n) is 1.40. The number of allylic oxidation sites excluding steroid dienone is 6. The molecule has 1 aliphatic rings. The highest BCUT2D eigenvalue weighted by molar-refractivity contribution is 5.39. The van der Waals surface area contributed by atoms with Gasteiger partial charge in [-0.1, -0.05) is 0 Å². The highest BCUT2D eigenvalue weighted by Crippen LogP contribution is 1.99. The zero-order valence-corrected chi connectivity index (χ0v) is 4.26. The summed E-state index contributed by atoms with van der Waals surface area (Å²) in [7, 11) is 0. The zero-order valence-electron chi connectivity index (χ0n) is 4.26. The van der Waals surface area contributed by atoms with Gasteiger partial charge in [0.05, 0.1) is 12.2 Å². The molecule has 0 unspecified atom stereocenters. The molecule has 36 valence electrons. The van der Waals surface area contributed by atoms with E-state index in [0.717, 1.165) is 0 Å². The Bertz CT molecular complexity index is 201. The highest BCUT2D eigenvalue weighted by atomic mass is 14.2. The first-order valence-corrected chi connectivity index (χ1v) is 2.29. The van der Waals surface area contributed by atoms with Crippen LogP contribution in [0.1, 0.15) is 0 Å². The maximum Gasteiger partial charge on any atom is 0.162 e. The fourth-order valence-corrected chi connectivity index (χ4v) is 0.461. The van der Waals surface area contributed by atoms with E-state index in [9.17, 15) is 0 Å². The molecule has 0 saturated heterocycles. The Morgan fingerprint density at radius 3 is 2.88 bits per heavy atom. The van der Waals surface area contributed by atoms with Crippen LogP contribution in [0.15, 0.2) is 29.9 Å². The molecule has 0 amide bonds. The van der Waals surface area contributed by atoms with Crippen molar-refractivity contribution in [1.29, 1.82) is 5.26 Å². The van der Waals surface area contributed by atoms with Crippen molar-refractivity contribution < 1.29 is 0 Å². The summed E-state index contributed by atoms with van der Waals surface area (Å²) in [4.78, 5) is 0. The van der Waals surface area contributed by atoms with Crippen LogP contribution >= 0.6 is 0 Å². The van der Waals surface area contributed by atoms with Crippen molar-refractivity contribution >= 4 is 0 Å². The van der Waals surface area contributed by atoms with E-state index >= 15 is 0 Å². The van der Waals surface area contributed by atoms with Crippen LogP contribution in [0.3, 0.4) is 0 Å². The molecule has 0 fully saturated rings. The highest BCUT2D eigenvalue weighted by Gasteiger charge is 1.96. The molecular formula is C7H4N+. The van der Waals surface area contributed by atoms with Gasteiger partial charge < -0.3 is 0 Å². The quantitative estimate of drug-likeness (QED) is 0.424. The van der Waals surface area contributed by atoms with Crippen LogP contribution in [0.25, 0.3) is 0 Å². The molecule has 0 aromatic heterocycles. The van der Waals surface area contributed by atoms with Crippen LogP contribution in [-0.4, -0.2) is 0 Å². The van der Waals surface area contributed by atoms with Gasteiger partial charge in [-0.3, -0.25) is 0 Å². The third-order valence-corrected chi connectivity index (χ3v) is 0.847. The number of nitriles is 1. The minimum Gasteiger partial charge on any atom is -0.190 e. The lowest BCUT2D eigenvalue weighted by Gasteiger charge is -1.75. The first-order valence-electron chi connectivity index (χ1n) is 2.29. The lowest BCUT2D eigenvalue weighted by Crippen LogP contribution is -1.72. The maximum absolute atomic E-state index is 8.27. The molecule has 0 bridgehead atoms. The van der Waals surface area contributed by atoms with E-state index in [1.165, 1.54) is 0 Å². The van der Waals surface area contributed by atoms with Crippen LogP contribution in [0.2, 0.25) is 0 Å². The maximum atomic E-state index is 8.27. The normalized spacial score (nSPS) is 14.1. The average Bonchev–Trinajstić information content (AvgIpc) is 1.90. The van der Waals surface area contributed by atoms with Crippen molar-refractivity contribution in [2.45, 2.75) is 0 Å². The number of nitrogens with zero attached hydrogens (tertiary/aromatic N) is 1. The summed E-state index contributed by atoms with van der Waals surface area (Å²) < 4.78 is 0. The molecule has 0 heterocycles. The van der Waals surface area contributed by atoms with Gasteiger partial charge in [-0.25, -0.2) is 0 Å². The fraction of sp³-hybridized carbons (Fsp3) is 0. The molecule has 1 aliphatic carbocycles. The van der Waals surface area contributed by atoms with Crippen LogP contribution in [0, 0.1) is 17.4 Å². The van der Waals surface area contributed by atoms with E-state index in [2.05, 4.69) is 6.08 Å². The Morgan fingerprint density at radius 2 is 2.50 bits per heavy atom. The van der Waals surface area contributed by atoms with Gasteiger partial charge in [0.1, 0.15) is 18.2 Å². The average molecular weight is 102 g/mol. The monoisotopic (exact) mass is 102 g/mol. The minimum absolute atomic E-state index is 0.684. The van der Waals surface area contributed by atoms with Crippen LogP contribution in [-0.2, 0) is 0 Å². The van der Waals surface area contributed by atoms with Gasteiger partial charge >= 0.3 is 0 Å². The van der Waals surface area contributed by atoms with E-state index < -0.39 is 0 Å². The molecule has 0 saturated carbocycles. The third-order valence-electron chi connectivity index (χ3n) is 0.847. The van der Waals surface area contributed by atoms with Crippen LogP contribution < -0.4 is 0 Å². The van der Waals surface area contributed by atoms with Crippen molar-refractivity contribution in [3.63, 3.8) is 0 Å². The summed E-state index contributed by atoms with van der Waals surface area (Å²) in [6.07, 6.45) is 9.70. The van der Waals surface area contributed by atoms with Gasteiger partial charge in [0, 0.05) is 6.08 Å². The molecule has 0 N–H and O–H groups in total. The molecule has 0 spiro atoms. The van der Waals surface area contributed by atoms with Gasteiger partial charge in [0.2, 0.25) is 0 Å². The summed E-state index contributed by atoms with van der Waals surface area (Å²) in [5, 5.41) is 8.27. The molecule has 0 atom stereocenters. The molecule has 1 nitrogen and oxygen atoms in total. The van der Waals surface area contributed by atoms with E-state index in [1.54, 1.807) is 24.3 Å². The van der Waals surface area contributed by atoms with Gasteiger partial charge in [0.25, 0.3) is 0 Å². The molecular weight excluding hydrogens is 98.1 g/mol. The second kappa shape index (κ2) is 2.07. The minimum atomic E-state index is 0.684. The zero-order chi connectivity index (χ0) is 5.82. The lowest BCUT2D eigenvalue weighted by atomic mass is 10.2. The van der Waals surface area contributed by atoms with E-state index in [0.29, 0.717) is 5.57 Å². The Morgan fingerprint density at radius 1 is 1.62 bits per heavy atom. The fourth-order valence-electron chi connectivity index (χ4n) is 0.461.